The monoisotopic (exact) mass is 436 g/mol. The van der Waals surface area contributed by atoms with Crippen molar-refractivity contribution >= 4 is 40.7 Å². The first kappa shape index (κ1) is 21.4. The van der Waals surface area contributed by atoms with Crippen molar-refractivity contribution in [3.05, 3.63) is 63.5 Å². The van der Waals surface area contributed by atoms with E-state index in [9.17, 15) is 14.7 Å². The number of likely N-dealkylation sites (tertiary alicyclic amines) is 1. The van der Waals surface area contributed by atoms with Gasteiger partial charge in [0, 0.05) is 18.7 Å². The van der Waals surface area contributed by atoms with Crippen LogP contribution in [0.4, 0.5) is 0 Å². The first-order chi connectivity index (χ1) is 13.9. The molecule has 2 heterocycles. The van der Waals surface area contributed by atoms with Crippen LogP contribution in [0.15, 0.2) is 46.6 Å². The molecule has 6 nitrogen and oxygen atoms in total. The largest absolute Gasteiger partial charge is 0.507 e. The number of benzene rings is 1. The first-order valence-corrected chi connectivity index (χ1v) is 10.1. The normalized spacial score (nSPS) is 18.8. The zero-order chi connectivity index (χ0) is 21.1. The summed E-state index contributed by atoms with van der Waals surface area (Å²) in [4.78, 5) is 29.2. The number of likely N-dealkylation sites (N-methyl/N-ethyl adjacent to an activating group) is 1. The Hall–Kier alpha value is -2.28. The van der Waals surface area contributed by atoms with Crippen molar-refractivity contribution in [1.29, 1.82) is 0 Å². The van der Waals surface area contributed by atoms with Crippen LogP contribution in [0.5, 0.6) is 0 Å². The zero-order valence-corrected chi connectivity index (χ0v) is 17.7. The van der Waals surface area contributed by atoms with Gasteiger partial charge in [0.15, 0.2) is 0 Å². The van der Waals surface area contributed by atoms with E-state index in [0.717, 1.165) is 13.1 Å². The molecule has 1 aliphatic heterocycles. The van der Waals surface area contributed by atoms with E-state index in [2.05, 4.69) is 4.90 Å². The van der Waals surface area contributed by atoms with Gasteiger partial charge in [-0.3, -0.25) is 9.59 Å². The number of ketones is 1. The molecule has 1 N–H and O–H groups in total. The van der Waals surface area contributed by atoms with Gasteiger partial charge in [-0.15, -0.1) is 0 Å². The molecule has 1 aliphatic rings. The Labute approximate surface area is 179 Å². The highest BCUT2D eigenvalue weighted by Gasteiger charge is 2.47. The van der Waals surface area contributed by atoms with E-state index < -0.39 is 17.7 Å². The minimum absolute atomic E-state index is 0.0251. The summed E-state index contributed by atoms with van der Waals surface area (Å²) >= 11 is 12.0. The summed E-state index contributed by atoms with van der Waals surface area (Å²) in [6, 6.07) is 7.09. The fourth-order valence-electron chi connectivity index (χ4n) is 3.44. The third-order valence-electron chi connectivity index (χ3n) is 5.10. The van der Waals surface area contributed by atoms with Gasteiger partial charge in [-0.2, -0.15) is 0 Å². The quantitative estimate of drug-likeness (QED) is 0.396. The van der Waals surface area contributed by atoms with Gasteiger partial charge in [-0.1, -0.05) is 37.0 Å². The van der Waals surface area contributed by atoms with E-state index >= 15 is 0 Å². The van der Waals surface area contributed by atoms with Crippen LogP contribution >= 0.6 is 23.2 Å². The standard InChI is InChI=1S/C21H22Cl2N2O4/c1-3-24(4-2)9-10-25-18(16-6-5-11-29-16)17(20(27)21(25)28)19(26)13-7-8-14(22)15(23)12-13/h5-8,11-12,18,26H,3-4,9-10H2,1-2H3/b19-17-. The lowest BCUT2D eigenvalue weighted by molar-refractivity contribution is -0.140. The summed E-state index contributed by atoms with van der Waals surface area (Å²) < 4.78 is 5.51. The number of hydrogen-bond acceptors (Lipinski definition) is 5. The molecule has 1 saturated heterocycles. The van der Waals surface area contributed by atoms with Gasteiger partial charge in [-0.05, 0) is 43.4 Å². The molecule has 1 unspecified atom stereocenters. The third kappa shape index (κ3) is 4.20. The molecule has 0 aliphatic carbocycles. The number of carbonyl (C=O) groups is 2. The smallest absolute Gasteiger partial charge is 0.295 e. The molecule has 0 bridgehead atoms. The van der Waals surface area contributed by atoms with Crippen LogP contribution in [0.1, 0.15) is 31.2 Å². The summed E-state index contributed by atoms with van der Waals surface area (Å²) in [6.07, 6.45) is 1.47. The molecule has 0 spiro atoms. The second kappa shape index (κ2) is 9.03. The van der Waals surface area contributed by atoms with Gasteiger partial charge >= 0.3 is 0 Å². The maximum Gasteiger partial charge on any atom is 0.295 e. The second-order valence-corrected chi connectivity index (χ2v) is 7.48. The molecule has 2 aromatic rings. The number of aliphatic hydroxyl groups excluding tert-OH is 1. The fourth-order valence-corrected chi connectivity index (χ4v) is 3.74. The number of Topliss-reactive ketones (excluding diaryl/α,β-unsaturated/α-hetero) is 1. The van der Waals surface area contributed by atoms with Crippen LogP contribution in [0.25, 0.3) is 5.76 Å². The average molecular weight is 437 g/mol. The van der Waals surface area contributed by atoms with Gasteiger partial charge in [-0.25, -0.2) is 0 Å². The number of halogens is 2. The van der Waals surface area contributed by atoms with Crippen molar-refractivity contribution in [2.45, 2.75) is 19.9 Å². The molecule has 1 amide bonds. The predicted molar refractivity (Wildman–Crippen MR) is 112 cm³/mol. The Morgan fingerprint density at radius 2 is 1.90 bits per heavy atom. The number of carbonyl (C=O) groups excluding carboxylic acids is 2. The minimum Gasteiger partial charge on any atom is -0.507 e. The number of furan rings is 1. The van der Waals surface area contributed by atoms with Crippen molar-refractivity contribution in [1.82, 2.24) is 9.80 Å². The van der Waals surface area contributed by atoms with Gasteiger partial charge < -0.3 is 19.3 Å². The summed E-state index contributed by atoms with van der Waals surface area (Å²) in [5.74, 6) is -1.33. The highest BCUT2D eigenvalue weighted by atomic mass is 35.5. The molecule has 3 rings (SSSR count). The summed E-state index contributed by atoms with van der Waals surface area (Å²) in [6.45, 7) is 6.65. The Morgan fingerprint density at radius 3 is 2.48 bits per heavy atom. The van der Waals surface area contributed by atoms with Gasteiger partial charge in [0.2, 0.25) is 0 Å². The van der Waals surface area contributed by atoms with Crippen LogP contribution in [0, 0.1) is 0 Å². The molecular formula is C21H22Cl2N2O4. The lowest BCUT2D eigenvalue weighted by atomic mass is 9.99. The molecular weight excluding hydrogens is 415 g/mol. The van der Waals surface area contributed by atoms with Crippen molar-refractivity contribution in [2.75, 3.05) is 26.2 Å². The molecule has 29 heavy (non-hydrogen) atoms. The Bertz CT molecular complexity index is 936. The summed E-state index contributed by atoms with van der Waals surface area (Å²) in [7, 11) is 0. The number of rotatable bonds is 7. The summed E-state index contributed by atoms with van der Waals surface area (Å²) in [5.41, 5.74) is 0.278. The Balaban J connectivity index is 2.06. The Morgan fingerprint density at radius 1 is 1.17 bits per heavy atom. The molecule has 0 saturated carbocycles. The van der Waals surface area contributed by atoms with Crippen LogP contribution < -0.4 is 0 Å². The second-order valence-electron chi connectivity index (χ2n) is 6.66. The SMILES string of the molecule is CCN(CC)CCN1C(=O)C(=O)/C(=C(\O)c2ccc(Cl)c(Cl)c2)C1c1ccco1. The van der Waals surface area contributed by atoms with Crippen molar-refractivity contribution in [2.24, 2.45) is 0 Å². The lowest BCUT2D eigenvalue weighted by Crippen LogP contribution is -2.37. The van der Waals surface area contributed by atoms with Gasteiger partial charge in [0.05, 0.1) is 21.9 Å². The Kier molecular flexibility index (Phi) is 6.67. The van der Waals surface area contributed by atoms with Crippen molar-refractivity contribution in [3.63, 3.8) is 0 Å². The fraction of sp³-hybridized carbons (Fsp3) is 0.333. The predicted octanol–water partition coefficient (Wildman–Crippen LogP) is 4.35. The summed E-state index contributed by atoms with van der Waals surface area (Å²) in [5, 5.41) is 11.5. The maximum atomic E-state index is 12.8. The molecule has 1 aromatic heterocycles. The molecule has 1 atom stereocenters. The minimum atomic E-state index is -0.810. The van der Waals surface area contributed by atoms with Gasteiger partial charge in [0.25, 0.3) is 11.7 Å². The van der Waals surface area contributed by atoms with Crippen LogP contribution in [0.3, 0.4) is 0 Å². The van der Waals surface area contributed by atoms with E-state index in [1.807, 2.05) is 13.8 Å². The number of aliphatic hydroxyl groups is 1. The van der Waals surface area contributed by atoms with Crippen LogP contribution in [-0.4, -0.2) is 52.8 Å². The van der Waals surface area contributed by atoms with Gasteiger partial charge in [0.1, 0.15) is 17.6 Å². The van der Waals surface area contributed by atoms with Crippen LogP contribution in [-0.2, 0) is 9.59 Å². The number of nitrogens with zero attached hydrogens (tertiary/aromatic N) is 2. The van der Waals surface area contributed by atoms with E-state index in [4.69, 9.17) is 27.6 Å². The number of amides is 1. The highest BCUT2D eigenvalue weighted by Crippen LogP contribution is 2.40. The highest BCUT2D eigenvalue weighted by molar-refractivity contribution is 6.46. The lowest BCUT2D eigenvalue weighted by Gasteiger charge is -2.26. The maximum absolute atomic E-state index is 12.8. The molecule has 1 fully saturated rings. The van der Waals surface area contributed by atoms with Crippen molar-refractivity contribution < 1.29 is 19.1 Å². The van der Waals surface area contributed by atoms with E-state index in [1.165, 1.54) is 23.3 Å². The average Bonchev–Trinajstić information content (AvgIpc) is 3.32. The van der Waals surface area contributed by atoms with E-state index in [1.54, 1.807) is 18.2 Å². The number of hydrogen-bond donors (Lipinski definition) is 1. The van der Waals surface area contributed by atoms with Crippen LogP contribution in [0.2, 0.25) is 10.0 Å². The topological polar surface area (TPSA) is 74.0 Å². The van der Waals surface area contributed by atoms with E-state index in [0.29, 0.717) is 29.4 Å². The van der Waals surface area contributed by atoms with E-state index in [-0.39, 0.29) is 16.4 Å². The third-order valence-corrected chi connectivity index (χ3v) is 5.84. The first-order valence-electron chi connectivity index (χ1n) is 9.38. The zero-order valence-electron chi connectivity index (χ0n) is 16.2. The van der Waals surface area contributed by atoms with Crippen molar-refractivity contribution in [3.8, 4) is 0 Å². The molecule has 1 aromatic carbocycles. The molecule has 154 valence electrons. The molecule has 8 heteroatoms. The molecule has 0 radical (unpaired) electrons.